The summed E-state index contributed by atoms with van der Waals surface area (Å²) in [4.78, 5) is 5.63. The van der Waals surface area contributed by atoms with Gasteiger partial charge >= 0.3 is 0 Å². The van der Waals surface area contributed by atoms with E-state index in [1.54, 1.807) is 34.8 Å². The normalized spacial score (nSPS) is 13.8. The number of fused-ring (bicyclic) bond motifs is 1. The van der Waals surface area contributed by atoms with E-state index in [0.717, 1.165) is 27.8 Å². The average Bonchev–Trinajstić information content (AvgIpc) is 3.41. The Kier molecular flexibility index (Phi) is 5.31. The first kappa shape index (κ1) is 18.3. The molecule has 4 aromatic rings. The summed E-state index contributed by atoms with van der Waals surface area (Å²) in [5.41, 5.74) is 2.07. The van der Waals surface area contributed by atoms with Crippen LogP contribution in [0.1, 0.15) is 15.3 Å². The molecule has 0 aliphatic rings. The molecule has 0 saturated heterocycles. The van der Waals surface area contributed by atoms with Crippen molar-refractivity contribution in [3.63, 3.8) is 0 Å². The molecule has 140 valence electrons. The topological polar surface area (TPSA) is 59.1 Å². The molecule has 0 saturated carbocycles. The molecule has 1 aromatic carbocycles. The zero-order valence-electron chi connectivity index (χ0n) is 14.9. The van der Waals surface area contributed by atoms with Gasteiger partial charge in [0.1, 0.15) is 12.3 Å². The molecular formula is C21H22N2O2S2. The Balaban J connectivity index is 1.51. The minimum absolute atomic E-state index is 0.232. The molecule has 0 aliphatic carbocycles. The summed E-state index contributed by atoms with van der Waals surface area (Å²) < 4.78 is -0.232. The number of hydrogen-bond donors (Lipinski definition) is 2. The van der Waals surface area contributed by atoms with E-state index in [4.69, 9.17) is 0 Å². The second kappa shape index (κ2) is 7.86. The van der Waals surface area contributed by atoms with Gasteiger partial charge in [0.2, 0.25) is 0 Å². The van der Waals surface area contributed by atoms with Crippen LogP contribution in [0.25, 0.3) is 10.9 Å². The van der Waals surface area contributed by atoms with Crippen LogP contribution in [0.15, 0.2) is 59.4 Å². The largest absolute Gasteiger partial charge is 0.633 e. The third-order valence-electron chi connectivity index (χ3n) is 4.91. The van der Waals surface area contributed by atoms with Crippen LogP contribution in [0.4, 0.5) is 0 Å². The predicted octanol–water partition coefficient (Wildman–Crippen LogP) is 5.30. The summed E-state index contributed by atoms with van der Waals surface area (Å²) in [5.74, 6) is 0.252. The molecule has 3 aromatic heterocycles. The second-order valence-electron chi connectivity index (χ2n) is 6.87. The average molecular weight is 399 g/mol. The Morgan fingerprint density at radius 1 is 0.963 bits per heavy atom. The number of thiophene rings is 2. The number of phenolic OH excluding ortho intramolecular Hbond substituents is 1. The molecule has 0 spiro atoms. The van der Waals surface area contributed by atoms with Crippen molar-refractivity contribution in [3.05, 3.63) is 79.9 Å². The highest BCUT2D eigenvalue weighted by atomic mass is 32.1. The minimum atomic E-state index is -0.232. The standard InChI is InChI=1S/C21H22N2O2S2/c24-17-5-6-21-20(13-17)16(14-22-21)7-9-23(25,15-19-4-2-12-27-19)10-8-18-3-1-11-26-18/h1-6,11-14,22,24H,7-10,15H2. The molecule has 0 bridgehead atoms. The predicted molar refractivity (Wildman–Crippen MR) is 113 cm³/mol. The van der Waals surface area contributed by atoms with Gasteiger partial charge in [-0.2, -0.15) is 0 Å². The van der Waals surface area contributed by atoms with Gasteiger partial charge < -0.3 is 19.9 Å². The first-order valence-electron chi connectivity index (χ1n) is 9.02. The van der Waals surface area contributed by atoms with Crippen molar-refractivity contribution in [1.29, 1.82) is 0 Å². The molecule has 4 rings (SSSR count). The minimum Gasteiger partial charge on any atom is -0.633 e. The van der Waals surface area contributed by atoms with Crippen molar-refractivity contribution < 1.29 is 9.75 Å². The van der Waals surface area contributed by atoms with Crippen molar-refractivity contribution in [3.8, 4) is 5.75 Å². The number of nitrogens with one attached hydrogen (secondary N) is 1. The van der Waals surface area contributed by atoms with Crippen LogP contribution in [0, 0.1) is 5.21 Å². The smallest absolute Gasteiger partial charge is 0.116 e. The van der Waals surface area contributed by atoms with Crippen LogP contribution < -0.4 is 0 Å². The highest BCUT2D eigenvalue weighted by Crippen LogP contribution is 2.25. The fourth-order valence-corrected chi connectivity index (χ4v) is 4.92. The molecule has 0 radical (unpaired) electrons. The Hall–Kier alpha value is -2.12. The Morgan fingerprint density at radius 3 is 2.44 bits per heavy atom. The maximum atomic E-state index is 13.7. The molecule has 4 nitrogen and oxygen atoms in total. The van der Waals surface area contributed by atoms with E-state index in [0.29, 0.717) is 26.1 Å². The lowest BCUT2D eigenvalue weighted by Gasteiger charge is -2.42. The van der Waals surface area contributed by atoms with Gasteiger partial charge in [0, 0.05) is 34.8 Å². The van der Waals surface area contributed by atoms with Crippen LogP contribution >= 0.6 is 22.7 Å². The number of nitrogens with zero attached hydrogens (tertiary/aromatic N) is 1. The maximum Gasteiger partial charge on any atom is 0.116 e. The second-order valence-corrected chi connectivity index (χ2v) is 8.93. The lowest BCUT2D eigenvalue weighted by molar-refractivity contribution is -0.893. The van der Waals surface area contributed by atoms with E-state index in [1.165, 1.54) is 4.88 Å². The van der Waals surface area contributed by atoms with Gasteiger partial charge in [-0.05, 0) is 46.7 Å². The lowest BCUT2D eigenvalue weighted by Crippen LogP contribution is -2.44. The molecule has 1 atom stereocenters. The van der Waals surface area contributed by atoms with Crippen molar-refractivity contribution in [2.75, 3.05) is 13.1 Å². The highest BCUT2D eigenvalue weighted by molar-refractivity contribution is 7.10. The number of phenols is 1. The molecular weight excluding hydrogens is 376 g/mol. The zero-order valence-corrected chi connectivity index (χ0v) is 16.6. The summed E-state index contributed by atoms with van der Waals surface area (Å²) in [6.07, 6.45) is 3.45. The number of H-pyrrole nitrogens is 1. The van der Waals surface area contributed by atoms with Gasteiger partial charge in [-0.1, -0.05) is 12.1 Å². The van der Waals surface area contributed by atoms with E-state index < -0.39 is 0 Å². The van der Waals surface area contributed by atoms with Crippen LogP contribution in [-0.4, -0.2) is 27.8 Å². The quantitative estimate of drug-likeness (QED) is 0.313. The number of hydroxylamine groups is 3. The Morgan fingerprint density at radius 2 is 1.70 bits per heavy atom. The van der Waals surface area contributed by atoms with Crippen LogP contribution in [0.3, 0.4) is 0 Å². The first-order valence-corrected chi connectivity index (χ1v) is 10.8. The molecule has 0 aliphatic heterocycles. The summed E-state index contributed by atoms with van der Waals surface area (Å²) in [7, 11) is 0. The Bertz CT molecular complexity index is 993. The molecule has 0 amide bonds. The number of rotatable bonds is 8. The van der Waals surface area contributed by atoms with Crippen LogP contribution in [0.5, 0.6) is 5.75 Å². The number of aromatic nitrogens is 1. The summed E-state index contributed by atoms with van der Waals surface area (Å²) in [5, 5.41) is 28.5. The number of hydrogen-bond acceptors (Lipinski definition) is 4. The number of aromatic hydroxyl groups is 1. The van der Waals surface area contributed by atoms with Crippen molar-refractivity contribution >= 4 is 33.6 Å². The third kappa shape index (κ3) is 4.42. The van der Waals surface area contributed by atoms with E-state index >= 15 is 0 Å². The van der Waals surface area contributed by atoms with Crippen molar-refractivity contribution in [2.45, 2.75) is 19.4 Å². The maximum absolute atomic E-state index is 13.7. The molecule has 0 fully saturated rings. The summed E-state index contributed by atoms with van der Waals surface area (Å²) >= 11 is 3.36. The van der Waals surface area contributed by atoms with Crippen LogP contribution in [0.2, 0.25) is 0 Å². The van der Waals surface area contributed by atoms with Gasteiger partial charge in [0.15, 0.2) is 0 Å². The number of benzene rings is 1. The molecule has 6 heteroatoms. The van der Waals surface area contributed by atoms with E-state index in [2.05, 4.69) is 16.4 Å². The fourth-order valence-electron chi connectivity index (χ4n) is 3.42. The van der Waals surface area contributed by atoms with E-state index in [9.17, 15) is 10.3 Å². The van der Waals surface area contributed by atoms with Gasteiger partial charge in [0.05, 0.1) is 18.0 Å². The van der Waals surface area contributed by atoms with Crippen molar-refractivity contribution in [2.24, 2.45) is 0 Å². The van der Waals surface area contributed by atoms with Gasteiger partial charge in [-0.3, -0.25) is 0 Å². The number of quaternary nitrogens is 1. The lowest BCUT2D eigenvalue weighted by atomic mass is 10.1. The summed E-state index contributed by atoms with van der Waals surface area (Å²) in [6.45, 7) is 1.61. The monoisotopic (exact) mass is 398 g/mol. The van der Waals surface area contributed by atoms with Crippen molar-refractivity contribution in [1.82, 2.24) is 4.98 Å². The van der Waals surface area contributed by atoms with E-state index in [-0.39, 0.29) is 10.4 Å². The third-order valence-corrected chi connectivity index (χ3v) is 6.71. The van der Waals surface area contributed by atoms with Crippen LogP contribution in [-0.2, 0) is 19.4 Å². The molecule has 1 unspecified atom stereocenters. The molecule has 27 heavy (non-hydrogen) atoms. The SMILES string of the molecule is [O-][N+](CCc1cccs1)(CCc1c[nH]c2ccc(O)cc12)Cc1cccs1. The van der Waals surface area contributed by atoms with Gasteiger partial charge in [-0.15, -0.1) is 22.7 Å². The Labute approximate surface area is 166 Å². The number of aromatic amines is 1. The molecule has 3 heterocycles. The molecule has 2 N–H and O–H groups in total. The van der Waals surface area contributed by atoms with Gasteiger partial charge in [0.25, 0.3) is 0 Å². The fraction of sp³-hybridized carbons (Fsp3) is 0.238. The van der Waals surface area contributed by atoms with Gasteiger partial charge in [-0.25, -0.2) is 0 Å². The zero-order chi connectivity index (χ0) is 18.7. The van der Waals surface area contributed by atoms with E-state index in [1.807, 2.05) is 35.8 Å². The highest BCUT2D eigenvalue weighted by Gasteiger charge is 2.20. The first-order chi connectivity index (χ1) is 13.1. The summed E-state index contributed by atoms with van der Waals surface area (Å²) in [6, 6.07) is 13.5.